The molecule has 1 atom stereocenters. The van der Waals surface area contributed by atoms with Gasteiger partial charge in [0.2, 0.25) is 0 Å². The lowest BCUT2D eigenvalue weighted by atomic mass is 10.2. The molecule has 0 saturated heterocycles. The summed E-state index contributed by atoms with van der Waals surface area (Å²) in [6.07, 6.45) is 1.65. The largest absolute Gasteiger partial charge is 0.449 e. The summed E-state index contributed by atoms with van der Waals surface area (Å²) in [5, 5.41) is 2.68. The number of ether oxygens (including phenoxy) is 2. The Morgan fingerprint density at radius 2 is 1.74 bits per heavy atom. The van der Waals surface area contributed by atoms with Crippen LogP contribution in [0.1, 0.15) is 18.1 Å². The Hall–Kier alpha value is -3.22. The molecule has 7 heteroatoms. The van der Waals surface area contributed by atoms with E-state index in [1.807, 2.05) is 30.3 Å². The van der Waals surface area contributed by atoms with E-state index in [0.717, 1.165) is 11.6 Å². The summed E-state index contributed by atoms with van der Waals surface area (Å²) in [6.45, 7) is -1.08. The average Bonchev–Trinajstić information content (AvgIpc) is 2.66. The molecule has 0 aliphatic rings. The number of rotatable bonds is 8. The second-order valence-corrected chi connectivity index (χ2v) is 5.56. The zero-order chi connectivity index (χ0) is 19.6. The van der Waals surface area contributed by atoms with E-state index in [0.29, 0.717) is 12.1 Å². The molecule has 0 bridgehead atoms. The normalized spacial score (nSPS) is 12.0. The van der Waals surface area contributed by atoms with Crippen molar-refractivity contribution in [2.24, 2.45) is 0 Å². The predicted octanol–water partition coefficient (Wildman–Crippen LogP) is 3.55. The van der Waals surface area contributed by atoms with Gasteiger partial charge in [0.1, 0.15) is 5.75 Å². The van der Waals surface area contributed by atoms with Gasteiger partial charge in [0, 0.05) is 12.6 Å². The van der Waals surface area contributed by atoms with E-state index in [-0.39, 0.29) is 5.75 Å². The fourth-order valence-corrected chi connectivity index (χ4v) is 2.12. The minimum atomic E-state index is -2.89. The number of amides is 1. The van der Waals surface area contributed by atoms with Crippen molar-refractivity contribution in [1.82, 2.24) is 5.32 Å². The molecule has 0 heterocycles. The van der Waals surface area contributed by atoms with E-state index in [9.17, 15) is 18.4 Å². The second-order valence-electron chi connectivity index (χ2n) is 5.56. The van der Waals surface area contributed by atoms with Crippen LogP contribution in [-0.2, 0) is 20.9 Å². The van der Waals surface area contributed by atoms with Crippen LogP contribution in [0.25, 0.3) is 6.08 Å². The summed E-state index contributed by atoms with van der Waals surface area (Å²) in [5.74, 6) is -1.08. The lowest BCUT2D eigenvalue weighted by Gasteiger charge is -2.12. The van der Waals surface area contributed by atoms with Gasteiger partial charge in [0.15, 0.2) is 6.10 Å². The molecule has 1 N–H and O–H groups in total. The first-order valence-electron chi connectivity index (χ1n) is 8.19. The van der Waals surface area contributed by atoms with Crippen molar-refractivity contribution in [1.29, 1.82) is 0 Å². The zero-order valence-corrected chi connectivity index (χ0v) is 14.6. The number of carbonyl (C=O) groups is 2. The lowest BCUT2D eigenvalue weighted by molar-refractivity contribution is -0.150. The summed E-state index contributed by atoms with van der Waals surface area (Å²) >= 11 is 0. The summed E-state index contributed by atoms with van der Waals surface area (Å²) in [6, 6.07) is 15.1. The van der Waals surface area contributed by atoms with Crippen LogP contribution in [0.4, 0.5) is 8.78 Å². The van der Waals surface area contributed by atoms with Crippen LogP contribution in [0.5, 0.6) is 5.75 Å². The van der Waals surface area contributed by atoms with E-state index in [4.69, 9.17) is 4.74 Å². The fraction of sp³-hybridized carbons (Fsp3) is 0.200. The van der Waals surface area contributed by atoms with Gasteiger partial charge in [0.05, 0.1) is 0 Å². The average molecular weight is 375 g/mol. The molecule has 2 rings (SSSR count). The Kier molecular flexibility index (Phi) is 7.49. The topological polar surface area (TPSA) is 64.6 Å². The van der Waals surface area contributed by atoms with Gasteiger partial charge in [-0.3, -0.25) is 4.79 Å². The molecule has 1 amide bonds. The van der Waals surface area contributed by atoms with Crippen molar-refractivity contribution in [2.75, 3.05) is 0 Å². The van der Waals surface area contributed by atoms with Gasteiger partial charge in [-0.25, -0.2) is 4.79 Å². The van der Waals surface area contributed by atoms with Crippen LogP contribution < -0.4 is 10.1 Å². The molecule has 0 spiro atoms. The number of alkyl halides is 2. The van der Waals surface area contributed by atoms with Crippen molar-refractivity contribution >= 4 is 18.0 Å². The maximum atomic E-state index is 12.1. The summed E-state index contributed by atoms with van der Waals surface area (Å²) in [4.78, 5) is 23.8. The van der Waals surface area contributed by atoms with Crippen molar-refractivity contribution in [3.8, 4) is 5.75 Å². The monoisotopic (exact) mass is 375 g/mol. The highest BCUT2D eigenvalue weighted by molar-refractivity contribution is 5.90. The van der Waals surface area contributed by atoms with Crippen LogP contribution in [0.3, 0.4) is 0 Å². The molecule has 0 aliphatic carbocycles. The van der Waals surface area contributed by atoms with Crippen molar-refractivity contribution in [2.45, 2.75) is 26.2 Å². The highest BCUT2D eigenvalue weighted by Crippen LogP contribution is 2.15. The number of nitrogens with one attached hydrogen (secondary N) is 1. The molecule has 0 radical (unpaired) electrons. The summed E-state index contributed by atoms with van der Waals surface area (Å²) in [7, 11) is 0. The number of halogens is 2. The first-order valence-corrected chi connectivity index (χ1v) is 8.19. The van der Waals surface area contributed by atoms with Crippen LogP contribution >= 0.6 is 0 Å². The number of carbonyl (C=O) groups excluding carboxylic acids is 2. The van der Waals surface area contributed by atoms with Gasteiger partial charge >= 0.3 is 12.6 Å². The highest BCUT2D eigenvalue weighted by Gasteiger charge is 2.16. The maximum Gasteiger partial charge on any atom is 0.387 e. The molecular formula is C20H19F2NO4. The smallest absolute Gasteiger partial charge is 0.387 e. The number of esters is 1. The summed E-state index contributed by atoms with van der Waals surface area (Å²) in [5.41, 5.74) is 1.53. The first-order chi connectivity index (χ1) is 12.9. The van der Waals surface area contributed by atoms with Gasteiger partial charge < -0.3 is 14.8 Å². The van der Waals surface area contributed by atoms with Crippen LogP contribution in [-0.4, -0.2) is 24.6 Å². The quantitative estimate of drug-likeness (QED) is 0.566. The highest BCUT2D eigenvalue weighted by atomic mass is 19.3. The van der Waals surface area contributed by atoms with Crippen molar-refractivity contribution in [3.05, 3.63) is 71.8 Å². The molecule has 2 aromatic rings. The van der Waals surface area contributed by atoms with Gasteiger partial charge in [-0.1, -0.05) is 42.5 Å². The third-order valence-corrected chi connectivity index (χ3v) is 3.49. The first kappa shape index (κ1) is 20.1. The SMILES string of the molecule is C[C@@H](OC(=O)/C=C/c1ccc(OC(F)F)cc1)C(=O)NCc1ccccc1. The molecular weight excluding hydrogens is 356 g/mol. The third-order valence-electron chi connectivity index (χ3n) is 3.49. The lowest BCUT2D eigenvalue weighted by Crippen LogP contribution is -2.35. The van der Waals surface area contributed by atoms with E-state index in [1.54, 1.807) is 0 Å². The third kappa shape index (κ3) is 7.27. The number of benzene rings is 2. The standard InChI is InChI=1S/C20H19F2NO4/c1-14(19(25)23-13-16-5-3-2-4-6-16)26-18(24)12-9-15-7-10-17(11-8-15)27-20(21)22/h2-12,14,20H,13H2,1H3,(H,23,25)/b12-9+/t14-/m1/s1. The van der Waals surface area contributed by atoms with E-state index >= 15 is 0 Å². The molecule has 0 aromatic heterocycles. The van der Waals surface area contributed by atoms with E-state index < -0.39 is 24.6 Å². The Labute approximate surface area is 155 Å². The predicted molar refractivity (Wildman–Crippen MR) is 96.0 cm³/mol. The Morgan fingerprint density at radius 1 is 1.07 bits per heavy atom. The molecule has 27 heavy (non-hydrogen) atoms. The Morgan fingerprint density at radius 3 is 2.37 bits per heavy atom. The van der Waals surface area contributed by atoms with Gasteiger partial charge in [-0.05, 0) is 36.3 Å². The van der Waals surface area contributed by atoms with Gasteiger partial charge in [-0.2, -0.15) is 8.78 Å². The Balaban J connectivity index is 1.79. The molecule has 0 fully saturated rings. The van der Waals surface area contributed by atoms with Gasteiger partial charge in [-0.15, -0.1) is 0 Å². The molecule has 5 nitrogen and oxygen atoms in total. The molecule has 0 aliphatic heterocycles. The van der Waals surface area contributed by atoms with Crippen LogP contribution in [0.15, 0.2) is 60.7 Å². The molecule has 2 aromatic carbocycles. The fourth-order valence-electron chi connectivity index (χ4n) is 2.12. The van der Waals surface area contributed by atoms with Crippen LogP contribution in [0.2, 0.25) is 0 Å². The van der Waals surface area contributed by atoms with E-state index in [2.05, 4.69) is 10.1 Å². The molecule has 0 saturated carbocycles. The number of hydrogen-bond donors (Lipinski definition) is 1. The molecule has 0 unspecified atom stereocenters. The van der Waals surface area contributed by atoms with Crippen molar-refractivity contribution < 1.29 is 27.8 Å². The Bertz CT molecular complexity index is 776. The minimum Gasteiger partial charge on any atom is -0.449 e. The maximum absolute atomic E-state index is 12.1. The second kappa shape index (κ2) is 10.1. The zero-order valence-electron chi connectivity index (χ0n) is 14.6. The van der Waals surface area contributed by atoms with E-state index in [1.165, 1.54) is 37.3 Å². The van der Waals surface area contributed by atoms with Gasteiger partial charge in [0.25, 0.3) is 5.91 Å². The summed E-state index contributed by atoms with van der Waals surface area (Å²) < 4.78 is 33.4. The minimum absolute atomic E-state index is 0.0217. The van der Waals surface area contributed by atoms with Crippen molar-refractivity contribution in [3.63, 3.8) is 0 Å². The van der Waals surface area contributed by atoms with Crippen LogP contribution in [0, 0.1) is 0 Å². The number of hydrogen-bond acceptors (Lipinski definition) is 4. The molecule has 142 valence electrons.